The van der Waals surface area contributed by atoms with Crippen molar-refractivity contribution in [3.63, 3.8) is 0 Å². The van der Waals surface area contributed by atoms with Crippen LogP contribution in [0.2, 0.25) is 0 Å². The van der Waals surface area contributed by atoms with Gasteiger partial charge in [-0.2, -0.15) is 0 Å². The van der Waals surface area contributed by atoms with Crippen molar-refractivity contribution >= 4 is 12.4 Å². The van der Waals surface area contributed by atoms with Crippen LogP contribution in [0.15, 0.2) is 24.3 Å². The summed E-state index contributed by atoms with van der Waals surface area (Å²) in [4.78, 5) is 0. The van der Waals surface area contributed by atoms with Gasteiger partial charge in [-0.1, -0.05) is 25.5 Å². The van der Waals surface area contributed by atoms with Crippen LogP contribution in [0, 0.1) is 0 Å². The van der Waals surface area contributed by atoms with Crippen molar-refractivity contribution in [3.05, 3.63) is 29.8 Å². The lowest BCUT2D eigenvalue weighted by molar-refractivity contribution is 0.340. The minimum atomic E-state index is 0. The molecule has 15 heavy (non-hydrogen) atoms. The second-order valence-corrected chi connectivity index (χ2v) is 3.40. The van der Waals surface area contributed by atoms with Crippen LogP contribution in [0.4, 0.5) is 0 Å². The Labute approximate surface area is 98.2 Å². The molecule has 1 aromatic carbocycles. The van der Waals surface area contributed by atoms with Crippen molar-refractivity contribution in [2.24, 2.45) is 5.73 Å². The van der Waals surface area contributed by atoms with E-state index in [1.807, 2.05) is 31.2 Å². The Bertz CT molecular complexity index is 261. The summed E-state index contributed by atoms with van der Waals surface area (Å²) >= 11 is 0. The number of halogens is 1. The molecular weight excluding hydrogens is 210 g/mol. The Hall–Kier alpha value is -0.730. The highest BCUT2D eigenvalue weighted by atomic mass is 35.5. The second kappa shape index (κ2) is 7.55. The van der Waals surface area contributed by atoms with E-state index >= 15 is 0 Å². The predicted octanol–water partition coefficient (Wildman–Crippen LogP) is 3.31. The van der Waals surface area contributed by atoms with E-state index in [9.17, 15) is 0 Å². The fourth-order valence-corrected chi connectivity index (χ4v) is 1.46. The number of rotatable bonds is 5. The molecule has 0 saturated carbocycles. The van der Waals surface area contributed by atoms with Crippen molar-refractivity contribution in [1.29, 1.82) is 0 Å². The summed E-state index contributed by atoms with van der Waals surface area (Å²) < 4.78 is 5.36. The fraction of sp³-hybridized carbons (Fsp3) is 0.500. The van der Waals surface area contributed by atoms with Crippen LogP contribution in [-0.2, 0) is 0 Å². The summed E-state index contributed by atoms with van der Waals surface area (Å²) in [7, 11) is 0. The van der Waals surface area contributed by atoms with Crippen molar-refractivity contribution < 1.29 is 4.74 Å². The normalized spacial score (nSPS) is 11.7. The molecule has 0 spiro atoms. The lowest BCUT2D eigenvalue weighted by Crippen LogP contribution is -2.09. The molecule has 0 heterocycles. The van der Waals surface area contributed by atoms with Gasteiger partial charge in [0.15, 0.2) is 0 Å². The molecular formula is C12H20ClNO. The third-order valence-electron chi connectivity index (χ3n) is 2.22. The number of benzene rings is 1. The van der Waals surface area contributed by atoms with Gasteiger partial charge < -0.3 is 10.5 Å². The van der Waals surface area contributed by atoms with Gasteiger partial charge >= 0.3 is 0 Å². The minimum absolute atomic E-state index is 0. The summed E-state index contributed by atoms with van der Waals surface area (Å²) in [6.07, 6.45) is 2.16. The zero-order chi connectivity index (χ0) is 10.4. The number of hydrogen-bond acceptors (Lipinski definition) is 2. The molecule has 2 nitrogen and oxygen atoms in total. The Morgan fingerprint density at radius 3 is 2.27 bits per heavy atom. The van der Waals surface area contributed by atoms with Gasteiger partial charge in [0.05, 0.1) is 6.61 Å². The van der Waals surface area contributed by atoms with E-state index in [2.05, 4.69) is 6.92 Å². The molecule has 1 atom stereocenters. The van der Waals surface area contributed by atoms with Crippen LogP contribution in [0.25, 0.3) is 0 Å². The van der Waals surface area contributed by atoms with Crippen LogP contribution in [0.1, 0.15) is 38.3 Å². The minimum Gasteiger partial charge on any atom is -0.494 e. The Morgan fingerprint density at radius 2 is 1.80 bits per heavy atom. The predicted molar refractivity (Wildman–Crippen MR) is 66.7 cm³/mol. The monoisotopic (exact) mass is 229 g/mol. The molecule has 0 aliphatic carbocycles. The van der Waals surface area contributed by atoms with Gasteiger partial charge in [0.25, 0.3) is 0 Å². The van der Waals surface area contributed by atoms with Gasteiger partial charge in [-0.25, -0.2) is 0 Å². The van der Waals surface area contributed by atoms with Gasteiger partial charge in [-0.15, -0.1) is 12.4 Å². The van der Waals surface area contributed by atoms with Crippen LogP contribution in [-0.4, -0.2) is 6.61 Å². The molecule has 0 saturated heterocycles. The zero-order valence-corrected chi connectivity index (χ0v) is 10.2. The third kappa shape index (κ3) is 4.54. The molecule has 1 rings (SSSR count). The van der Waals surface area contributed by atoms with Gasteiger partial charge in [-0.05, 0) is 31.0 Å². The molecule has 0 unspecified atom stereocenters. The highest BCUT2D eigenvalue weighted by Gasteiger charge is 2.03. The molecule has 0 bridgehead atoms. The van der Waals surface area contributed by atoms with Gasteiger partial charge in [0, 0.05) is 6.04 Å². The first kappa shape index (κ1) is 14.3. The summed E-state index contributed by atoms with van der Waals surface area (Å²) in [6, 6.07) is 8.22. The first-order chi connectivity index (χ1) is 6.77. The largest absolute Gasteiger partial charge is 0.494 e. The third-order valence-corrected chi connectivity index (χ3v) is 2.22. The van der Waals surface area contributed by atoms with E-state index in [-0.39, 0.29) is 18.4 Å². The Balaban J connectivity index is 0.00000196. The molecule has 0 aliphatic rings. The van der Waals surface area contributed by atoms with Gasteiger partial charge in [0.1, 0.15) is 5.75 Å². The maximum Gasteiger partial charge on any atom is 0.119 e. The first-order valence-electron chi connectivity index (χ1n) is 5.26. The number of nitrogens with two attached hydrogens (primary N) is 1. The molecule has 0 aromatic heterocycles. The molecule has 2 N–H and O–H groups in total. The number of ether oxygens (including phenoxy) is 1. The number of hydrogen-bond donors (Lipinski definition) is 1. The van der Waals surface area contributed by atoms with Crippen LogP contribution in [0.5, 0.6) is 5.75 Å². The molecule has 1 aromatic rings. The van der Waals surface area contributed by atoms with E-state index in [0.717, 1.165) is 18.6 Å². The summed E-state index contributed by atoms with van der Waals surface area (Å²) in [5.74, 6) is 0.917. The highest BCUT2D eigenvalue weighted by molar-refractivity contribution is 5.85. The van der Waals surface area contributed by atoms with E-state index in [1.165, 1.54) is 5.56 Å². The van der Waals surface area contributed by atoms with Crippen molar-refractivity contribution in [2.45, 2.75) is 32.7 Å². The SMILES string of the molecule is CCC[C@H](N)c1ccc(OCC)cc1.Cl. The maximum absolute atomic E-state index is 5.99. The molecule has 0 amide bonds. The van der Waals surface area contributed by atoms with Crippen LogP contribution < -0.4 is 10.5 Å². The first-order valence-corrected chi connectivity index (χ1v) is 5.26. The van der Waals surface area contributed by atoms with E-state index in [4.69, 9.17) is 10.5 Å². The summed E-state index contributed by atoms with van der Waals surface area (Å²) in [5, 5.41) is 0. The quantitative estimate of drug-likeness (QED) is 0.841. The van der Waals surface area contributed by atoms with E-state index < -0.39 is 0 Å². The van der Waals surface area contributed by atoms with Crippen LogP contribution >= 0.6 is 12.4 Å². The van der Waals surface area contributed by atoms with Crippen LogP contribution in [0.3, 0.4) is 0 Å². The highest BCUT2D eigenvalue weighted by Crippen LogP contribution is 2.19. The Morgan fingerprint density at radius 1 is 1.20 bits per heavy atom. The lowest BCUT2D eigenvalue weighted by Gasteiger charge is -2.11. The molecule has 3 heteroatoms. The van der Waals surface area contributed by atoms with E-state index in [1.54, 1.807) is 0 Å². The van der Waals surface area contributed by atoms with Crippen molar-refractivity contribution in [3.8, 4) is 5.75 Å². The maximum atomic E-state index is 5.99. The van der Waals surface area contributed by atoms with Crippen molar-refractivity contribution in [2.75, 3.05) is 6.61 Å². The van der Waals surface area contributed by atoms with E-state index in [0.29, 0.717) is 6.61 Å². The molecule has 0 aliphatic heterocycles. The lowest BCUT2D eigenvalue weighted by atomic mass is 10.0. The van der Waals surface area contributed by atoms with Crippen molar-refractivity contribution in [1.82, 2.24) is 0 Å². The Kier molecular flexibility index (Phi) is 7.18. The average molecular weight is 230 g/mol. The second-order valence-electron chi connectivity index (χ2n) is 3.40. The molecule has 86 valence electrons. The molecule has 0 fully saturated rings. The summed E-state index contributed by atoms with van der Waals surface area (Å²) in [6.45, 7) is 4.84. The molecule has 0 radical (unpaired) electrons. The average Bonchev–Trinajstić information content (AvgIpc) is 2.20. The standard InChI is InChI=1S/C12H19NO.ClH/c1-3-5-12(13)10-6-8-11(9-7-10)14-4-2;/h6-9,12H,3-5,13H2,1-2H3;1H/t12-;/m0./s1. The fourth-order valence-electron chi connectivity index (χ4n) is 1.46. The smallest absolute Gasteiger partial charge is 0.119 e. The van der Waals surface area contributed by atoms with Gasteiger partial charge in [0.2, 0.25) is 0 Å². The zero-order valence-electron chi connectivity index (χ0n) is 9.40. The topological polar surface area (TPSA) is 35.2 Å². The van der Waals surface area contributed by atoms with Gasteiger partial charge in [-0.3, -0.25) is 0 Å². The summed E-state index contributed by atoms with van der Waals surface area (Å²) in [5.41, 5.74) is 7.18.